The summed E-state index contributed by atoms with van der Waals surface area (Å²) in [7, 11) is 0. The molecular formula is C19H22N4O. The third-order valence-electron chi connectivity index (χ3n) is 4.26. The van der Waals surface area contributed by atoms with Gasteiger partial charge in [0, 0.05) is 17.7 Å². The molecule has 0 spiro atoms. The van der Waals surface area contributed by atoms with Gasteiger partial charge in [-0.3, -0.25) is 9.78 Å². The van der Waals surface area contributed by atoms with Crippen LogP contribution in [0.15, 0.2) is 48.8 Å². The molecule has 0 fully saturated rings. The van der Waals surface area contributed by atoms with Crippen LogP contribution in [0, 0.1) is 0 Å². The summed E-state index contributed by atoms with van der Waals surface area (Å²) < 4.78 is 0. The van der Waals surface area contributed by atoms with E-state index in [0.29, 0.717) is 23.6 Å². The van der Waals surface area contributed by atoms with E-state index in [1.807, 2.05) is 29.2 Å². The van der Waals surface area contributed by atoms with Gasteiger partial charge in [0.15, 0.2) is 0 Å². The first-order valence-electron chi connectivity index (χ1n) is 8.34. The van der Waals surface area contributed by atoms with Crippen molar-refractivity contribution in [3.05, 3.63) is 54.4 Å². The Hall–Kier alpha value is -2.69. The zero-order valence-corrected chi connectivity index (χ0v) is 13.9. The molecule has 1 unspecified atom stereocenters. The van der Waals surface area contributed by atoms with Gasteiger partial charge in [-0.05, 0) is 18.6 Å². The Labute approximate surface area is 142 Å². The lowest BCUT2D eigenvalue weighted by molar-refractivity contribution is 0.0743. The largest absolute Gasteiger partial charge is 0.382 e. The molecule has 0 bridgehead atoms. The predicted molar refractivity (Wildman–Crippen MR) is 95.4 cm³/mol. The van der Waals surface area contributed by atoms with Crippen molar-refractivity contribution in [1.82, 2.24) is 14.9 Å². The van der Waals surface area contributed by atoms with Crippen LogP contribution < -0.4 is 5.73 Å². The van der Waals surface area contributed by atoms with Crippen LogP contribution in [-0.4, -0.2) is 33.4 Å². The van der Waals surface area contributed by atoms with Crippen LogP contribution >= 0.6 is 0 Å². The molecular weight excluding hydrogens is 300 g/mol. The van der Waals surface area contributed by atoms with Crippen LogP contribution in [0.25, 0.3) is 11.3 Å². The summed E-state index contributed by atoms with van der Waals surface area (Å²) in [6.45, 7) is 2.86. The van der Waals surface area contributed by atoms with E-state index in [2.05, 4.69) is 29.0 Å². The first-order chi connectivity index (χ1) is 11.7. The van der Waals surface area contributed by atoms with E-state index >= 15 is 0 Å². The zero-order valence-electron chi connectivity index (χ0n) is 13.9. The summed E-state index contributed by atoms with van der Waals surface area (Å²) in [5.41, 5.74) is 7.97. The fraction of sp³-hybridized carbons (Fsp3) is 0.316. The van der Waals surface area contributed by atoms with Gasteiger partial charge in [-0.15, -0.1) is 0 Å². The number of hydrogen-bond acceptors (Lipinski definition) is 4. The highest BCUT2D eigenvalue weighted by molar-refractivity contribution is 5.95. The average molecular weight is 322 g/mol. The molecule has 1 aliphatic heterocycles. The van der Waals surface area contributed by atoms with Crippen molar-refractivity contribution in [2.45, 2.75) is 32.2 Å². The minimum Gasteiger partial charge on any atom is -0.382 e. The Morgan fingerprint density at radius 1 is 1.29 bits per heavy atom. The van der Waals surface area contributed by atoms with Crippen LogP contribution in [0.1, 0.15) is 36.5 Å². The van der Waals surface area contributed by atoms with E-state index in [1.54, 1.807) is 6.20 Å². The van der Waals surface area contributed by atoms with Crippen molar-refractivity contribution in [2.75, 3.05) is 12.3 Å². The van der Waals surface area contributed by atoms with Crippen molar-refractivity contribution in [3.8, 4) is 11.3 Å². The second-order valence-electron chi connectivity index (χ2n) is 6.00. The monoisotopic (exact) mass is 322 g/mol. The van der Waals surface area contributed by atoms with E-state index in [0.717, 1.165) is 24.8 Å². The molecule has 1 atom stereocenters. The molecule has 0 aliphatic carbocycles. The summed E-state index contributed by atoms with van der Waals surface area (Å²) in [4.78, 5) is 23.0. The van der Waals surface area contributed by atoms with Crippen molar-refractivity contribution >= 4 is 11.7 Å². The van der Waals surface area contributed by atoms with E-state index in [9.17, 15) is 4.79 Å². The van der Waals surface area contributed by atoms with Crippen molar-refractivity contribution < 1.29 is 4.79 Å². The standard InChI is InChI=1S/C19H22N4O/c1-2-3-5-16-6-4-11-23(16)19(24)15-9-7-14(8-10-15)17-12-21-13-18(20)22-17/h4,6-10,12-13,16H,2-3,5,11H2,1H3,(H2,20,22). The fourth-order valence-electron chi connectivity index (χ4n) is 2.94. The van der Waals surface area contributed by atoms with Gasteiger partial charge in [-0.25, -0.2) is 4.98 Å². The number of carbonyl (C=O) groups is 1. The van der Waals surface area contributed by atoms with Gasteiger partial charge < -0.3 is 10.6 Å². The number of nitrogen functional groups attached to an aromatic ring is 1. The number of carbonyl (C=O) groups excluding carboxylic acids is 1. The first kappa shape index (κ1) is 16.2. The molecule has 124 valence electrons. The molecule has 2 aromatic rings. The van der Waals surface area contributed by atoms with E-state index in [4.69, 9.17) is 5.73 Å². The molecule has 24 heavy (non-hydrogen) atoms. The number of aromatic nitrogens is 2. The number of hydrogen-bond donors (Lipinski definition) is 1. The molecule has 0 saturated heterocycles. The molecule has 3 rings (SSSR count). The fourth-order valence-corrected chi connectivity index (χ4v) is 2.94. The van der Waals surface area contributed by atoms with Crippen LogP contribution in [0.4, 0.5) is 5.82 Å². The molecule has 1 aliphatic rings. The third-order valence-corrected chi connectivity index (χ3v) is 4.26. The van der Waals surface area contributed by atoms with Gasteiger partial charge in [-0.2, -0.15) is 0 Å². The Balaban J connectivity index is 1.74. The number of anilines is 1. The molecule has 2 N–H and O–H groups in total. The second-order valence-corrected chi connectivity index (χ2v) is 6.00. The summed E-state index contributed by atoms with van der Waals surface area (Å²) >= 11 is 0. The van der Waals surface area contributed by atoms with Crippen LogP contribution in [0.2, 0.25) is 0 Å². The summed E-state index contributed by atoms with van der Waals surface area (Å²) in [5, 5.41) is 0. The summed E-state index contributed by atoms with van der Waals surface area (Å²) in [5.74, 6) is 0.459. The van der Waals surface area contributed by atoms with Crippen LogP contribution in [0.3, 0.4) is 0 Å². The maximum absolute atomic E-state index is 12.8. The maximum atomic E-state index is 12.8. The number of nitrogens with two attached hydrogens (primary N) is 1. The maximum Gasteiger partial charge on any atom is 0.254 e. The molecule has 5 nitrogen and oxygen atoms in total. The smallest absolute Gasteiger partial charge is 0.254 e. The Kier molecular flexibility index (Phi) is 4.89. The quantitative estimate of drug-likeness (QED) is 0.857. The van der Waals surface area contributed by atoms with Gasteiger partial charge in [0.25, 0.3) is 5.91 Å². The minimum absolute atomic E-state index is 0.0753. The van der Waals surface area contributed by atoms with Gasteiger partial charge in [0.05, 0.1) is 24.1 Å². The zero-order chi connectivity index (χ0) is 16.9. The topological polar surface area (TPSA) is 72.1 Å². The number of rotatable bonds is 5. The summed E-state index contributed by atoms with van der Waals surface area (Å²) in [6, 6.07) is 7.69. The van der Waals surface area contributed by atoms with Gasteiger partial charge in [-0.1, -0.05) is 44.1 Å². The highest BCUT2D eigenvalue weighted by atomic mass is 16.2. The average Bonchev–Trinajstić information content (AvgIpc) is 3.08. The van der Waals surface area contributed by atoms with Gasteiger partial charge in [0.2, 0.25) is 0 Å². The Bertz CT molecular complexity index is 739. The van der Waals surface area contributed by atoms with Gasteiger partial charge in [0.1, 0.15) is 5.82 Å². The Morgan fingerprint density at radius 3 is 2.79 bits per heavy atom. The van der Waals surface area contributed by atoms with Crippen molar-refractivity contribution in [1.29, 1.82) is 0 Å². The normalized spacial score (nSPS) is 16.5. The highest BCUT2D eigenvalue weighted by Gasteiger charge is 2.25. The first-order valence-corrected chi connectivity index (χ1v) is 8.34. The number of benzene rings is 1. The lowest BCUT2D eigenvalue weighted by atomic mass is 10.1. The molecule has 0 saturated carbocycles. The third kappa shape index (κ3) is 3.45. The lowest BCUT2D eigenvalue weighted by Gasteiger charge is -2.24. The second kappa shape index (κ2) is 7.25. The Morgan fingerprint density at radius 2 is 2.08 bits per heavy atom. The predicted octanol–water partition coefficient (Wildman–Crippen LogP) is 3.30. The minimum atomic E-state index is 0.0753. The molecule has 2 heterocycles. The van der Waals surface area contributed by atoms with E-state index < -0.39 is 0 Å². The molecule has 5 heteroatoms. The van der Waals surface area contributed by atoms with Gasteiger partial charge >= 0.3 is 0 Å². The highest BCUT2D eigenvalue weighted by Crippen LogP contribution is 2.22. The van der Waals surface area contributed by atoms with E-state index in [-0.39, 0.29) is 11.9 Å². The van der Waals surface area contributed by atoms with E-state index in [1.165, 1.54) is 6.20 Å². The SMILES string of the molecule is CCCCC1C=CCN1C(=O)c1ccc(-c2cncc(N)n2)cc1. The molecule has 0 radical (unpaired) electrons. The van der Waals surface area contributed by atoms with Crippen LogP contribution in [0.5, 0.6) is 0 Å². The number of unbranched alkanes of at least 4 members (excludes halogenated alkanes) is 1. The van der Waals surface area contributed by atoms with Crippen molar-refractivity contribution in [3.63, 3.8) is 0 Å². The number of nitrogens with zero attached hydrogens (tertiary/aromatic N) is 3. The lowest BCUT2D eigenvalue weighted by Crippen LogP contribution is -2.36. The van der Waals surface area contributed by atoms with Crippen molar-refractivity contribution in [2.24, 2.45) is 0 Å². The summed E-state index contributed by atoms with van der Waals surface area (Å²) in [6.07, 6.45) is 10.7. The number of amides is 1. The van der Waals surface area contributed by atoms with Crippen LogP contribution in [-0.2, 0) is 0 Å². The molecule has 1 amide bonds. The molecule has 1 aromatic heterocycles. The molecule has 1 aromatic carbocycles.